The Balaban J connectivity index is 1.65. The van der Waals surface area contributed by atoms with Gasteiger partial charge in [-0.05, 0) is 69.6 Å². The summed E-state index contributed by atoms with van der Waals surface area (Å²) in [7, 11) is -1.45. The molecule has 8 nitrogen and oxygen atoms in total. The number of ether oxygens (including phenoxy) is 1. The molecule has 2 atom stereocenters. The molecule has 0 spiro atoms. The largest absolute Gasteiger partial charge is 0.377 e. The van der Waals surface area contributed by atoms with Crippen molar-refractivity contribution in [1.82, 2.24) is 20.3 Å². The molecule has 2 fully saturated rings. The maximum Gasteiger partial charge on any atom is 0.156 e. The molecule has 5 rings (SSSR count). The van der Waals surface area contributed by atoms with Crippen molar-refractivity contribution in [1.29, 1.82) is 0 Å². The Kier molecular flexibility index (Phi) is 5.46. The van der Waals surface area contributed by atoms with Crippen LogP contribution in [0, 0.1) is 0 Å². The number of fused-ring (bicyclic) bond motifs is 3. The summed E-state index contributed by atoms with van der Waals surface area (Å²) < 4.78 is 30.1. The van der Waals surface area contributed by atoms with Crippen LogP contribution in [-0.4, -0.2) is 62.0 Å². The van der Waals surface area contributed by atoms with Crippen LogP contribution in [0.2, 0.25) is 0 Å². The lowest BCUT2D eigenvalue weighted by atomic mass is 10.0. The molecular formula is C24H31N5O3S. The molecule has 2 unspecified atom stereocenters. The molecule has 3 aromatic rings. The molecular weight excluding hydrogens is 438 g/mol. The average Bonchev–Trinajstić information content (AvgIpc) is 3.28. The van der Waals surface area contributed by atoms with E-state index in [1.807, 2.05) is 37.4 Å². The molecule has 176 valence electrons. The number of H-pyrrole nitrogens is 1. The predicted octanol–water partition coefficient (Wildman–Crippen LogP) is 2.99. The lowest BCUT2D eigenvalue weighted by Gasteiger charge is -2.36. The monoisotopic (exact) mass is 469 g/mol. The Morgan fingerprint density at radius 1 is 1.12 bits per heavy atom. The first-order valence-corrected chi connectivity index (χ1v) is 13.3. The molecule has 33 heavy (non-hydrogen) atoms. The highest BCUT2D eigenvalue weighted by Gasteiger charge is 2.40. The van der Waals surface area contributed by atoms with Gasteiger partial charge in [-0.1, -0.05) is 0 Å². The Morgan fingerprint density at radius 2 is 1.85 bits per heavy atom. The van der Waals surface area contributed by atoms with Gasteiger partial charge in [0.1, 0.15) is 5.82 Å². The van der Waals surface area contributed by atoms with Crippen LogP contribution < -0.4 is 10.2 Å². The maximum atomic E-state index is 12.7. The highest BCUT2D eigenvalue weighted by molar-refractivity contribution is 7.91. The Bertz CT molecular complexity index is 1280. The zero-order valence-electron chi connectivity index (χ0n) is 19.6. The van der Waals surface area contributed by atoms with E-state index in [-0.39, 0.29) is 12.1 Å². The first-order chi connectivity index (χ1) is 15.7. The second-order valence-corrected chi connectivity index (χ2v) is 12.2. The molecule has 2 bridgehead atoms. The van der Waals surface area contributed by atoms with Crippen LogP contribution in [0.15, 0.2) is 30.3 Å². The van der Waals surface area contributed by atoms with E-state index < -0.39 is 14.6 Å². The van der Waals surface area contributed by atoms with Gasteiger partial charge < -0.3 is 19.9 Å². The molecule has 0 radical (unpaired) electrons. The fourth-order valence-electron chi connectivity index (χ4n) is 4.84. The Labute approximate surface area is 194 Å². The van der Waals surface area contributed by atoms with Crippen molar-refractivity contribution in [2.45, 2.75) is 50.1 Å². The van der Waals surface area contributed by atoms with E-state index in [4.69, 9.17) is 14.7 Å². The van der Waals surface area contributed by atoms with Gasteiger partial charge in [0.2, 0.25) is 0 Å². The summed E-state index contributed by atoms with van der Waals surface area (Å²) in [6, 6.07) is 10.3. The summed E-state index contributed by atoms with van der Waals surface area (Å²) in [5, 5.41) is 3.14. The third-order valence-electron chi connectivity index (χ3n) is 7.10. The third-order valence-corrected chi connectivity index (χ3v) is 9.19. The van der Waals surface area contributed by atoms with Crippen LogP contribution >= 0.6 is 0 Å². The molecule has 2 N–H and O–H groups in total. The van der Waals surface area contributed by atoms with Crippen LogP contribution in [0.4, 0.5) is 5.82 Å². The van der Waals surface area contributed by atoms with Crippen molar-refractivity contribution < 1.29 is 13.2 Å². The van der Waals surface area contributed by atoms with Gasteiger partial charge in [-0.2, -0.15) is 0 Å². The number of aromatic nitrogens is 3. The second kappa shape index (κ2) is 8.07. The van der Waals surface area contributed by atoms with Gasteiger partial charge in [0, 0.05) is 18.5 Å². The van der Waals surface area contributed by atoms with E-state index in [2.05, 4.69) is 15.2 Å². The number of nitrogens with zero attached hydrogens (tertiary/aromatic N) is 3. The van der Waals surface area contributed by atoms with Crippen LogP contribution in [0.3, 0.4) is 0 Å². The fraction of sp³-hybridized carbons (Fsp3) is 0.500. The number of sulfone groups is 1. The predicted molar refractivity (Wildman–Crippen MR) is 130 cm³/mol. The first kappa shape index (κ1) is 22.3. The number of rotatable bonds is 6. The van der Waals surface area contributed by atoms with Gasteiger partial charge in [0.25, 0.3) is 0 Å². The lowest BCUT2D eigenvalue weighted by molar-refractivity contribution is 0.0902. The smallest absolute Gasteiger partial charge is 0.156 e. The minimum Gasteiger partial charge on any atom is -0.377 e. The van der Waals surface area contributed by atoms with E-state index in [0.29, 0.717) is 18.9 Å². The molecule has 5 heterocycles. The van der Waals surface area contributed by atoms with Crippen molar-refractivity contribution in [3.8, 4) is 11.4 Å². The highest BCUT2D eigenvalue weighted by Crippen LogP contribution is 2.38. The van der Waals surface area contributed by atoms with Crippen LogP contribution in [0.1, 0.15) is 37.9 Å². The normalized spacial score (nSPS) is 21.2. The fourth-order valence-corrected chi connectivity index (χ4v) is 5.38. The lowest BCUT2D eigenvalue weighted by Crippen LogP contribution is -2.46. The van der Waals surface area contributed by atoms with Gasteiger partial charge in [-0.15, -0.1) is 0 Å². The van der Waals surface area contributed by atoms with E-state index in [1.54, 1.807) is 13.8 Å². The molecule has 0 aromatic carbocycles. The van der Waals surface area contributed by atoms with Crippen molar-refractivity contribution >= 4 is 26.7 Å². The zero-order chi connectivity index (χ0) is 23.4. The summed E-state index contributed by atoms with van der Waals surface area (Å²) in [5.74, 6) is 0.807. The number of aromatic amines is 1. The van der Waals surface area contributed by atoms with E-state index in [9.17, 15) is 8.42 Å². The molecule has 0 saturated carbocycles. The summed E-state index contributed by atoms with van der Waals surface area (Å²) in [6.45, 7) is 5.59. The topological polar surface area (TPSA) is 100 Å². The van der Waals surface area contributed by atoms with Gasteiger partial charge >= 0.3 is 0 Å². The molecule has 0 amide bonds. The minimum absolute atomic E-state index is 0.268. The summed E-state index contributed by atoms with van der Waals surface area (Å²) in [5.41, 5.74) is 5.02. The van der Waals surface area contributed by atoms with Crippen molar-refractivity contribution in [3.63, 3.8) is 0 Å². The Morgan fingerprint density at radius 3 is 2.52 bits per heavy atom. The van der Waals surface area contributed by atoms with Crippen molar-refractivity contribution in [2.75, 3.05) is 31.4 Å². The standard InChI is InChI=1S/C24H31N5O3S/c1-24(2,33(4,30)31)15-9-21(20-8-7-19-22(27-20)11-16(26-19)12-25-3)28-23(10-15)29-17-5-6-18(29)14-32-13-17/h7-11,17-18,25-26H,5-6,12-14H2,1-4H3. The van der Waals surface area contributed by atoms with Crippen LogP contribution in [0.5, 0.6) is 0 Å². The molecule has 0 aliphatic carbocycles. The average molecular weight is 470 g/mol. The second-order valence-electron chi connectivity index (χ2n) is 9.67. The summed E-state index contributed by atoms with van der Waals surface area (Å²) in [6.07, 6.45) is 3.41. The molecule has 2 saturated heterocycles. The van der Waals surface area contributed by atoms with E-state index in [1.165, 1.54) is 6.26 Å². The number of pyridine rings is 2. The van der Waals surface area contributed by atoms with Crippen LogP contribution in [-0.2, 0) is 25.9 Å². The number of morpholine rings is 1. The van der Waals surface area contributed by atoms with Gasteiger partial charge in [0.15, 0.2) is 9.84 Å². The van der Waals surface area contributed by atoms with Gasteiger partial charge in [-0.25, -0.2) is 18.4 Å². The third kappa shape index (κ3) is 3.92. The molecule has 3 aromatic heterocycles. The maximum absolute atomic E-state index is 12.7. The zero-order valence-corrected chi connectivity index (χ0v) is 20.4. The summed E-state index contributed by atoms with van der Waals surface area (Å²) in [4.78, 5) is 15.6. The van der Waals surface area contributed by atoms with Crippen LogP contribution in [0.25, 0.3) is 22.4 Å². The molecule has 2 aliphatic heterocycles. The quantitative estimate of drug-likeness (QED) is 0.572. The van der Waals surface area contributed by atoms with Gasteiger partial charge in [0.05, 0.1) is 52.5 Å². The minimum atomic E-state index is -3.35. The number of nitrogens with one attached hydrogen (secondary N) is 2. The number of anilines is 1. The van der Waals surface area contributed by atoms with E-state index >= 15 is 0 Å². The van der Waals surface area contributed by atoms with Crippen molar-refractivity contribution in [3.05, 3.63) is 41.6 Å². The van der Waals surface area contributed by atoms with Gasteiger partial charge in [-0.3, -0.25) is 0 Å². The first-order valence-electron chi connectivity index (χ1n) is 11.4. The molecule has 9 heteroatoms. The van der Waals surface area contributed by atoms with Crippen molar-refractivity contribution in [2.24, 2.45) is 0 Å². The summed E-state index contributed by atoms with van der Waals surface area (Å²) >= 11 is 0. The number of hydrogen-bond donors (Lipinski definition) is 2. The highest BCUT2D eigenvalue weighted by atomic mass is 32.2. The van der Waals surface area contributed by atoms with E-state index in [0.717, 1.165) is 53.2 Å². The number of hydrogen-bond acceptors (Lipinski definition) is 7. The Hall–Kier alpha value is -2.49. The molecule has 2 aliphatic rings. The SMILES string of the molecule is CNCc1cc2nc(-c3cc(C(C)(C)S(C)(=O)=O)cc(N4C5CCC4COC5)n3)ccc2[nH]1.